The maximum absolute atomic E-state index is 2.33. The van der Waals surface area contributed by atoms with Gasteiger partial charge in [-0.3, -0.25) is 0 Å². The van der Waals surface area contributed by atoms with E-state index in [1.807, 2.05) is 0 Å². The van der Waals surface area contributed by atoms with Crippen molar-refractivity contribution in [3.05, 3.63) is 12.2 Å². The van der Waals surface area contributed by atoms with Gasteiger partial charge in [-0.2, -0.15) is 0 Å². The first-order chi connectivity index (χ1) is 4.70. The second-order valence-electron chi connectivity index (χ2n) is 3.16. The van der Waals surface area contributed by atoms with Crippen LogP contribution in [0.4, 0.5) is 0 Å². The first-order valence-corrected chi connectivity index (χ1v) is 4.39. The summed E-state index contributed by atoms with van der Waals surface area (Å²) in [4.78, 5) is 0. The molecule has 0 rings (SSSR count). The molecule has 0 fully saturated rings. The third-order valence-electron chi connectivity index (χ3n) is 2.06. The molecule has 60 valence electrons. The van der Waals surface area contributed by atoms with Crippen molar-refractivity contribution in [3.63, 3.8) is 0 Å². The van der Waals surface area contributed by atoms with Crippen molar-refractivity contribution >= 4 is 0 Å². The molecule has 0 aromatic heterocycles. The summed E-state index contributed by atoms with van der Waals surface area (Å²) in [5.41, 5.74) is 0. The molecule has 0 amide bonds. The lowest BCUT2D eigenvalue weighted by Gasteiger charge is -2.03. The zero-order chi connectivity index (χ0) is 7.98. The summed E-state index contributed by atoms with van der Waals surface area (Å²) in [5, 5.41) is 0. The fourth-order valence-corrected chi connectivity index (χ4v) is 0.652. The summed E-state index contributed by atoms with van der Waals surface area (Å²) in [6, 6.07) is 0. The van der Waals surface area contributed by atoms with E-state index in [1.165, 1.54) is 12.8 Å². The van der Waals surface area contributed by atoms with Gasteiger partial charge >= 0.3 is 0 Å². The van der Waals surface area contributed by atoms with Gasteiger partial charge in [-0.1, -0.05) is 52.7 Å². The van der Waals surface area contributed by atoms with Crippen LogP contribution in [0.5, 0.6) is 0 Å². The van der Waals surface area contributed by atoms with E-state index < -0.39 is 0 Å². The molecule has 0 aromatic rings. The Balaban J connectivity index is 3.52. The van der Waals surface area contributed by atoms with Crippen molar-refractivity contribution in [1.82, 2.24) is 0 Å². The summed E-state index contributed by atoms with van der Waals surface area (Å²) >= 11 is 0. The Hall–Kier alpha value is -0.260. The van der Waals surface area contributed by atoms with Crippen LogP contribution in [0.15, 0.2) is 12.2 Å². The van der Waals surface area contributed by atoms with Gasteiger partial charge in [0, 0.05) is 0 Å². The number of rotatable bonds is 4. The molecule has 0 aromatic carbocycles. The zero-order valence-electron chi connectivity index (χ0n) is 7.72. The maximum Gasteiger partial charge on any atom is -0.0264 e. The molecule has 0 heteroatoms. The summed E-state index contributed by atoms with van der Waals surface area (Å²) in [7, 11) is 0. The lowest BCUT2D eigenvalue weighted by atomic mass is 10.0. The molecule has 0 aliphatic heterocycles. The quantitative estimate of drug-likeness (QED) is 0.523. The zero-order valence-corrected chi connectivity index (χ0v) is 7.72. The monoisotopic (exact) mass is 140 g/mol. The molecule has 10 heavy (non-hydrogen) atoms. The van der Waals surface area contributed by atoms with Crippen LogP contribution in [0.1, 0.15) is 40.5 Å². The Morgan fingerprint density at radius 3 is 1.40 bits per heavy atom. The normalized spacial score (nSPS) is 17.6. The van der Waals surface area contributed by atoms with Gasteiger partial charge in [-0.25, -0.2) is 0 Å². The largest absolute Gasteiger partial charge is 0.0854 e. The third-order valence-corrected chi connectivity index (χ3v) is 2.06. The molecule has 2 unspecified atom stereocenters. The van der Waals surface area contributed by atoms with Gasteiger partial charge in [-0.05, 0) is 11.8 Å². The lowest BCUT2D eigenvalue weighted by molar-refractivity contribution is 0.659. The van der Waals surface area contributed by atoms with Crippen molar-refractivity contribution in [2.24, 2.45) is 11.8 Å². The molecule has 0 spiro atoms. The molecule has 0 bridgehead atoms. The highest BCUT2D eigenvalue weighted by molar-refractivity contribution is 4.88. The van der Waals surface area contributed by atoms with E-state index in [1.54, 1.807) is 0 Å². The van der Waals surface area contributed by atoms with Gasteiger partial charge < -0.3 is 0 Å². The summed E-state index contributed by atoms with van der Waals surface area (Å²) < 4.78 is 0. The van der Waals surface area contributed by atoms with Gasteiger partial charge in [-0.15, -0.1) is 0 Å². The van der Waals surface area contributed by atoms with Gasteiger partial charge in [0.25, 0.3) is 0 Å². The van der Waals surface area contributed by atoms with Crippen LogP contribution in [-0.2, 0) is 0 Å². The average molecular weight is 140 g/mol. The van der Waals surface area contributed by atoms with Crippen molar-refractivity contribution in [3.8, 4) is 0 Å². The van der Waals surface area contributed by atoms with Crippen LogP contribution in [0.25, 0.3) is 0 Å². The number of hydrogen-bond donors (Lipinski definition) is 0. The fraction of sp³-hybridized carbons (Fsp3) is 0.800. The summed E-state index contributed by atoms with van der Waals surface area (Å²) in [6.07, 6.45) is 7.17. The molecule has 0 nitrogen and oxygen atoms in total. The van der Waals surface area contributed by atoms with Crippen molar-refractivity contribution in [2.75, 3.05) is 0 Å². The fourth-order valence-electron chi connectivity index (χ4n) is 0.652. The van der Waals surface area contributed by atoms with E-state index >= 15 is 0 Å². The predicted molar refractivity (Wildman–Crippen MR) is 48.1 cm³/mol. The first kappa shape index (κ1) is 9.74. The molecule has 0 N–H and O–H groups in total. The summed E-state index contributed by atoms with van der Waals surface area (Å²) in [6.45, 7) is 8.98. The van der Waals surface area contributed by atoms with Crippen molar-refractivity contribution in [1.29, 1.82) is 0 Å². The highest BCUT2D eigenvalue weighted by Gasteiger charge is 1.93. The summed E-state index contributed by atoms with van der Waals surface area (Å²) in [5.74, 6) is 1.52. The van der Waals surface area contributed by atoms with Crippen LogP contribution in [0, 0.1) is 11.8 Å². The Morgan fingerprint density at radius 2 is 1.20 bits per heavy atom. The molecule has 2 atom stereocenters. The van der Waals surface area contributed by atoms with Gasteiger partial charge in [0.15, 0.2) is 0 Å². The first-order valence-electron chi connectivity index (χ1n) is 4.39. The third kappa shape index (κ3) is 4.60. The maximum atomic E-state index is 2.33. The Morgan fingerprint density at radius 1 is 0.900 bits per heavy atom. The average Bonchev–Trinajstić information content (AvgIpc) is 1.99. The molecule has 0 saturated heterocycles. The highest BCUT2D eigenvalue weighted by Crippen LogP contribution is 2.07. The molecule has 0 aliphatic rings. The van der Waals surface area contributed by atoms with Crippen molar-refractivity contribution in [2.45, 2.75) is 40.5 Å². The molecule has 0 aliphatic carbocycles. The predicted octanol–water partition coefficient (Wildman–Crippen LogP) is 3.63. The van der Waals surface area contributed by atoms with E-state index in [9.17, 15) is 0 Å². The minimum atomic E-state index is 0.758. The number of allylic oxidation sites excluding steroid dienone is 2. The second-order valence-corrected chi connectivity index (χ2v) is 3.16. The second kappa shape index (κ2) is 5.52. The SMILES string of the molecule is CCC(C)/C=C\C(C)CC. The molecule has 0 saturated carbocycles. The molecular weight excluding hydrogens is 120 g/mol. The van der Waals surface area contributed by atoms with Crippen LogP contribution in [0.2, 0.25) is 0 Å². The Labute approximate surface area is 65.3 Å². The van der Waals surface area contributed by atoms with E-state index in [2.05, 4.69) is 39.8 Å². The molecule has 0 radical (unpaired) electrons. The topological polar surface area (TPSA) is 0 Å². The van der Waals surface area contributed by atoms with Crippen LogP contribution in [0.3, 0.4) is 0 Å². The number of hydrogen-bond acceptors (Lipinski definition) is 0. The molecular formula is C10H20. The smallest absolute Gasteiger partial charge is 0.0264 e. The molecule has 0 heterocycles. The standard InChI is InChI=1S/C10H20/c1-5-9(3)7-8-10(4)6-2/h7-10H,5-6H2,1-4H3/b8-7-. The lowest BCUT2D eigenvalue weighted by Crippen LogP contribution is -1.89. The van der Waals surface area contributed by atoms with Gasteiger partial charge in [0.2, 0.25) is 0 Å². The minimum absolute atomic E-state index is 0.758. The van der Waals surface area contributed by atoms with E-state index in [4.69, 9.17) is 0 Å². The van der Waals surface area contributed by atoms with Gasteiger partial charge in [0.05, 0.1) is 0 Å². The minimum Gasteiger partial charge on any atom is -0.0854 e. The van der Waals surface area contributed by atoms with E-state index in [-0.39, 0.29) is 0 Å². The van der Waals surface area contributed by atoms with Crippen molar-refractivity contribution < 1.29 is 0 Å². The van der Waals surface area contributed by atoms with Crippen LogP contribution < -0.4 is 0 Å². The van der Waals surface area contributed by atoms with Gasteiger partial charge in [0.1, 0.15) is 0 Å². The van der Waals surface area contributed by atoms with Crippen LogP contribution >= 0.6 is 0 Å². The van der Waals surface area contributed by atoms with Crippen LogP contribution in [-0.4, -0.2) is 0 Å². The Kier molecular flexibility index (Phi) is 5.38. The van der Waals surface area contributed by atoms with E-state index in [0.717, 1.165) is 11.8 Å². The van der Waals surface area contributed by atoms with E-state index in [0.29, 0.717) is 0 Å². The Bertz CT molecular complexity index is 80.2. The highest BCUT2D eigenvalue weighted by atomic mass is 14.0.